The molecule has 4 heteroatoms. The molecule has 0 fully saturated rings. The molecule has 2 rings (SSSR count). The molecule has 1 N–H and O–H groups in total. The van der Waals surface area contributed by atoms with E-state index >= 15 is 0 Å². The van der Waals surface area contributed by atoms with Crippen molar-refractivity contribution >= 4 is 11.5 Å². The maximum atomic E-state index is 13.5. The lowest BCUT2D eigenvalue weighted by molar-refractivity contribution is 0.611. The highest BCUT2D eigenvalue weighted by atomic mass is 19.1. The third kappa shape index (κ3) is 4.02. The molecule has 112 valence electrons. The van der Waals surface area contributed by atoms with Crippen molar-refractivity contribution in [2.45, 2.75) is 26.8 Å². The minimum Gasteiger partial charge on any atom is -0.326 e. The zero-order valence-electron chi connectivity index (χ0n) is 12.6. The highest BCUT2D eigenvalue weighted by molar-refractivity contribution is 5.62. The van der Waals surface area contributed by atoms with E-state index in [1.54, 1.807) is 6.07 Å². The van der Waals surface area contributed by atoms with Gasteiger partial charge in [0.05, 0.1) is 6.20 Å². The molecule has 0 atom stereocenters. The number of nitrogens with one attached hydrogen (secondary N) is 1. The van der Waals surface area contributed by atoms with Crippen molar-refractivity contribution in [3.8, 4) is 0 Å². The monoisotopic (exact) mass is 287 g/mol. The number of benzene rings is 1. The molecule has 0 spiro atoms. The van der Waals surface area contributed by atoms with E-state index < -0.39 is 0 Å². The average molecular weight is 287 g/mol. The lowest BCUT2D eigenvalue weighted by Gasteiger charge is -2.24. The average Bonchev–Trinajstić information content (AvgIpc) is 2.51. The summed E-state index contributed by atoms with van der Waals surface area (Å²) in [4.78, 5) is 6.42. The van der Waals surface area contributed by atoms with Gasteiger partial charge in [-0.05, 0) is 38.1 Å². The summed E-state index contributed by atoms with van der Waals surface area (Å²) in [5.74, 6) is 0.518. The molecule has 2 aromatic rings. The molecule has 0 saturated heterocycles. The maximum absolute atomic E-state index is 13.5. The fraction of sp³-hybridized carbons (Fsp3) is 0.353. The Labute approximate surface area is 125 Å². The molecule has 0 unspecified atom stereocenters. The topological polar surface area (TPSA) is 28.2 Å². The third-order valence-electron chi connectivity index (χ3n) is 3.29. The second kappa shape index (κ2) is 7.74. The Morgan fingerprint density at radius 2 is 1.95 bits per heavy atom. The first-order chi connectivity index (χ1) is 10.3. The maximum Gasteiger partial charge on any atom is 0.141 e. The molecule has 1 aromatic heterocycles. The van der Waals surface area contributed by atoms with Crippen LogP contribution >= 0.6 is 0 Å². The van der Waals surface area contributed by atoms with Crippen molar-refractivity contribution in [3.63, 3.8) is 0 Å². The second-order valence-corrected chi connectivity index (χ2v) is 4.89. The zero-order chi connectivity index (χ0) is 15.1. The SMILES string of the molecule is CCCNCc1cc(F)cnc1N(CC)c1ccccc1. The van der Waals surface area contributed by atoms with Crippen molar-refractivity contribution in [3.05, 3.63) is 54.0 Å². The van der Waals surface area contributed by atoms with Crippen molar-refractivity contribution < 1.29 is 4.39 Å². The van der Waals surface area contributed by atoms with Gasteiger partial charge in [0.2, 0.25) is 0 Å². The zero-order valence-corrected chi connectivity index (χ0v) is 12.6. The van der Waals surface area contributed by atoms with Gasteiger partial charge in [-0.2, -0.15) is 0 Å². The molecule has 0 aliphatic rings. The predicted octanol–water partition coefficient (Wildman–Crippen LogP) is 3.88. The lowest BCUT2D eigenvalue weighted by atomic mass is 10.2. The summed E-state index contributed by atoms with van der Waals surface area (Å²) < 4.78 is 13.5. The molecule has 0 aliphatic carbocycles. The van der Waals surface area contributed by atoms with Gasteiger partial charge in [0.25, 0.3) is 0 Å². The molecule has 0 radical (unpaired) electrons. The molecule has 0 bridgehead atoms. The van der Waals surface area contributed by atoms with Crippen LogP contribution in [-0.2, 0) is 6.54 Å². The molecule has 0 aliphatic heterocycles. The van der Waals surface area contributed by atoms with Crippen molar-refractivity contribution in [1.29, 1.82) is 0 Å². The van der Waals surface area contributed by atoms with Gasteiger partial charge < -0.3 is 10.2 Å². The Hall–Kier alpha value is -1.94. The molecule has 1 heterocycles. The summed E-state index contributed by atoms with van der Waals surface area (Å²) in [5.41, 5.74) is 1.95. The van der Waals surface area contributed by atoms with Crippen LogP contribution in [0.4, 0.5) is 15.9 Å². The standard InChI is InChI=1S/C17H22FN3/c1-3-10-19-12-14-11-15(18)13-20-17(14)21(4-2)16-8-6-5-7-9-16/h5-9,11,13,19H,3-4,10,12H2,1-2H3. The molecule has 0 amide bonds. The first-order valence-electron chi connectivity index (χ1n) is 7.44. The summed E-state index contributed by atoms with van der Waals surface area (Å²) in [6.45, 7) is 6.50. The number of pyridine rings is 1. The van der Waals surface area contributed by atoms with E-state index in [2.05, 4.69) is 29.0 Å². The first-order valence-corrected chi connectivity index (χ1v) is 7.44. The van der Waals surface area contributed by atoms with Crippen LogP contribution in [0.5, 0.6) is 0 Å². The highest BCUT2D eigenvalue weighted by Crippen LogP contribution is 2.26. The van der Waals surface area contributed by atoms with Gasteiger partial charge in [-0.25, -0.2) is 9.37 Å². The van der Waals surface area contributed by atoms with E-state index in [4.69, 9.17) is 0 Å². The van der Waals surface area contributed by atoms with E-state index in [9.17, 15) is 4.39 Å². The molecule has 3 nitrogen and oxygen atoms in total. The molecule has 21 heavy (non-hydrogen) atoms. The van der Waals surface area contributed by atoms with Crippen molar-refractivity contribution in [1.82, 2.24) is 10.3 Å². The van der Waals surface area contributed by atoms with Crippen LogP contribution in [-0.4, -0.2) is 18.1 Å². The van der Waals surface area contributed by atoms with Crippen LogP contribution in [0.25, 0.3) is 0 Å². The Kier molecular flexibility index (Phi) is 5.69. The Morgan fingerprint density at radius 3 is 2.62 bits per heavy atom. The summed E-state index contributed by atoms with van der Waals surface area (Å²) >= 11 is 0. The van der Waals surface area contributed by atoms with Crippen LogP contribution in [0, 0.1) is 5.82 Å². The number of para-hydroxylation sites is 1. The van der Waals surface area contributed by atoms with Gasteiger partial charge in [0, 0.05) is 24.3 Å². The van der Waals surface area contributed by atoms with Crippen LogP contribution in [0.3, 0.4) is 0 Å². The number of rotatable bonds is 7. The van der Waals surface area contributed by atoms with Crippen LogP contribution in [0.2, 0.25) is 0 Å². The Morgan fingerprint density at radius 1 is 1.19 bits per heavy atom. The fourth-order valence-corrected chi connectivity index (χ4v) is 2.31. The number of hydrogen-bond donors (Lipinski definition) is 1. The first kappa shape index (κ1) is 15.4. The molecular formula is C17H22FN3. The van der Waals surface area contributed by atoms with Crippen LogP contribution < -0.4 is 10.2 Å². The van der Waals surface area contributed by atoms with E-state index in [0.717, 1.165) is 36.6 Å². The number of aromatic nitrogens is 1. The highest BCUT2D eigenvalue weighted by Gasteiger charge is 2.14. The van der Waals surface area contributed by atoms with E-state index in [1.807, 2.05) is 30.3 Å². The van der Waals surface area contributed by atoms with Crippen LogP contribution in [0.15, 0.2) is 42.6 Å². The van der Waals surface area contributed by atoms with Gasteiger partial charge in [-0.3, -0.25) is 0 Å². The molecular weight excluding hydrogens is 265 g/mol. The fourth-order valence-electron chi connectivity index (χ4n) is 2.31. The molecule has 1 aromatic carbocycles. The van der Waals surface area contributed by atoms with E-state index in [-0.39, 0.29) is 5.82 Å². The van der Waals surface area contributed by atoms with Gasteiger partial charge >= 0.3 is 0 Å². The predicted molar refractivity (Wildman–Crippen MR) is 85.3 cm³/mol. The minimum atomic E-state index is -0.295. The van der Waals surface area contributed by atoms with Gasteiger partial charge in [-0.15, -0.1) is 0 Å². The van der Waals surface area contributed by atoms with Gasteiger partial charge in [-0.1, -0.05) is 25.1 Å². The molecule has 0 saturated carbocycles. The Balaban J connectivity index is 2.32. The van der Waals surface area contributed by atoms with Gasteiger partial charge in [0.15, 0.2) is 0 Å². The van der Waals surface area contributed by atoms with E-state index in [0.29, 0.717) is 6.54 Å². The lowest BCUT2D eigenvalue weighted by Crippen LogP contribution is -2.22. The normalized spacial score (nSPS) is 10.6. The third-order valence-corrected chi connectivity index (χ3v) is 3.29. The van der Waals surface area contributed by atoms with Crippen LogP contribution in [0.1, 0.15) is 25.8 Å². The van der Waals surface area contributed by atoms with Crippen molar-refractivity contribution in [2.75, 3.05) is 18.0 Å². The quantitative estimate of drug-likeness (QED) is 0.783. The smallest absolute Gasteiger partial charge is 0.141 e. The number of hydrogen-bond acceptors (Lipinski definition) is 3. The summed E-state index contributed by atoms with van der Waals surface area (Å²) in [5, 5.41) is 3.32. The summed E-state index contributed by atoms with van der Waals surface area (Å²) in [7, 11) is 0. The number of halogens is 1. The summed E-state index contributed by atoms with van der Waals surface area (Å²) in [6, 6.07) is 11.6. The number of nitrogens with zero attached hydrogens (tertiary/aromatic N) is 2. The van der Waals surface area contributed by atoms with Gasteiger partial charge in [0.1, 0.15) is 11.6 Å². The summed E-state index contributed by atoms with van der Waals surface area (Å²) in [6.07, 6.45) is 2.33. The Bertz CT molecular complexity index is 557. The largest absolute Gasteiger partial charge is 0.326 e. The minimum absolute atomic E-state index is 0.295. The number of anilines is 2. The van der Waals surface area contributed by atoms with E-state index in [1.165, 1.54) is 6.20 Å². The van der Waals surface area contributed by atoms with Crippen molar-refractivity contribution in [2.24, 2.45) is 0 Å². The second-order valence-electron chi connectivity index (χ2n) is 4.89.